The standard InChI is InChI=1S/C11H16N2O4S/c12-9-6-8(2-3-10(9)15)18(16,17)13-11(7-14)4-1-5-11/h2-3,6,13-15H,1,4-5,7,12H2. The molecule has 1 aliphatic carbocycles. The van der Waals surface area contributed by atoms with E-state index >= 15 is 0 Å². The molecule has 0 radical (unpaired) electrons. The molecule has 0 heterocycles. The van der Waals surface area contributed by atoms with Crippen LogP contribution in [0.3, 0.4) is 0 Å². The van der Waals surface area contributed by atoms with Gasteiger partial charge >= 0.3 is 0 Å². The minimum atomic E-state index is -3.73. The van der Waals surface area contributed by atoms with Gasteiger partial charge in [-0.05, 0) is 37.5 Å². The molecule has 1 saturated carbocycles. The van der Waals surface area contributed by atoms with E-state index < -0.39 is 15.6 Å². The molecule has 0 aromatic heterocycles. The van der Waals surface area contributed by atoms with Crippen molar-refractivity contribution < 1.29 is 18.6 Å². The van der Waals surface area contributed by atoms with Gasteiger partial charge in [0, 0.05) is 0 Å². The Balaban J connectivity index is 2.28. The predicted octanol–water partition coefficient (Wildman–Crippen LogP) is 0.168. The number of anilines is 1. The van der Waals surface area contributed by atoms with Gasteiger partial charge in [0.1, 0.15) is 5.75 Å². The van der Waals surface area contributed by atoms with E-state index in [0.717, 1.165) is 6.42 Å². The molecule has 100 valence electrons. The zero-order chi connectivity index (χ0) is 13.4. The Kier molecular flexibility index (Phi) is 3.22. The summed E-state index contributed by atoms with van der Waals surface area (Å²) in [5.41, 5.74) is 4.73. The number of aliphatic hydroxyl groups excluding tert-OH is 1. The summed E-state index contributed by atoms with van der Waals surface area (Å²) in [6.45, 7) is -0.222. The molecule has 1 fully saturated rings. The van der Waals surface area contributed by atoms with Crippen molar-refractivity contribution in [1.82, 2.24) is 4.72 Å². The summed E-state index contributed by atoms with van der Waals surface area (Å²) in [7, 11) is -3.73. The maximum absolute atomic E-state index is 12.1. The smallest absolute Gasteiger partial charge is 0.241 e. The Hall–Kier alpha value is -1.31. The molecule has 0 spiro atoms. The molecule has 0 unspecified atom stereocenters. The summed E-state index contributed by atoms with van der Waals surface area (Å²) in [5.74, 6) is -0.158. The maximum Gasteiger partial charge on any atom is 0.241 e. The molecule has 0 bridgehead atoms. The van der Waals surface area contributed by atoms with Gasteiger partial charge in [0.25, 0.3) is 0 Å². The minimum absolute atomic E-state index is 0.00420. The normalized spacial score (nSPS) is 18.3. The van der Waals surface area contributed by atoms with Crippen LogP contribution in [-0.2, 0) is 10.0 Å². The molecule has 18 heavy (non-hydrogen) atoms. The number of phenols is 1. The lowest BCUT2D eigenvalue weighted by molar-refractivity contribution is 0.110. The number of nitrogen functional groups attached to an aromatic ring is 1. The fraction of sp³-hybridized carbons (Fsp3) is 0.455. The van der Waals surface area contributed by atoms with E-state index in [1.165, 1.54) is 18.2 Å². The van der Waals surface area contributed by atoms with Crippen molar-refractivity contribution in [3.8, 4) is 5.75 Å². The van der Waals surface area contributed by atoms with E-state index in [9.17, 15) is 18.6 Å². The van der Waals surface area contributed by atoms with Gasteiger partial charge in [-0.2, -0.15) is 0 Å². The van der Waals surface area contributed by atoms with E-state index in [4.69, 9.17) is 5.73 Å². The van der Waals surface area contributed by atoms with Gasteiger partial charge in [0.2, 0.25) is 10.0 Å². The lowest BCUT2D eigenvalue weighted by Crippen LogP contribution is -2.55. The number of benzene rings is 1. The van der Waals surface area contributed by atoms with Gasteiger partial charge in [-0.15, -0.1) is 0 Å². The fourth-order valence-electron chi connectivity index (χ4n) is 1.94. The van der Waals surface area contributed by atoms with Crippen LogP contribution in [0.1, 0.15) is 19.3 Å². The Bertz CT molecular complexity index is 547. The third-order valence-electron chi connectivity index (χ3n) is 3.27. The lowest BCUT2D eigenvalue weighted by Gasteiger charge is -2.40. The van der Waals surface area contributed by atoms with Crippen LogP contribution < -0.4 is 10.5 Å². The average Bonchev–Trinajstić information content (AvgIpc) is 2.27. The van der Waals surface area contributed by atoms with Gasteiger partial charge in [-0.3, -0.25) is 0 Å². The molecule has 7 heteroatoms. The number of nitrogens with one attached hydrogen (secondary N) is 1. The third-order valence-corrected chi connectivity index (χ3v) is 4.85. The molecule has 1 aliphatic rings. The summed E-state index contributed by atoms with van der Waals surface area (Å²) in [5, 5.41) is 18.5. The molecular formula is C11H16N2O4S. The number of hydrogen-bond acceptors (Lipinski definition) is 5. The van der Waals surface area contributed by atoms with Crippen LogP contribution in [0.4, 0.5) is 5.69 Å². The number of aliphatic hydroxyl groups is 1. The number of sulfonamides is 1. The first-order valence-corrected chi connectivity index (χ1v) is 7.10. The highest BCUT2D eigenvalue weighted by atomic mass is 32.2. The quantitative estimate of drug-likeness (QED) is 0.461. The zero-order valence-corrected chi connectivity index (χ0v) is 10.6. The first-order chi connectivity index (χ1) is 8.38. The monoisotopic (exact) mass is 272 g/mol. The van der Waals surface area contributed by atoms with Crippen LogP contribution in [-0.4, -0.2) is 30.8 Å². The van der Waals surface area contributed by atoms with E-state index in [1.54, 1.807) is 0 Å². The zero-order valence-electron chi connectivity index (χ0n) is 9.76. The van der Waals surface area contributed by atoms with Gasteiger partial charge in [-0.1, -0.05) is 0 Å². The first kappa shape index (κ1) is 13.1. The fourth-order valence-corrected chi connectivity index (χ4v) is 3.43. The van der Waals surface area contributed by atoms with Crippen molar-refractivity contribution in [2.45, 2.75) is 29.7 Å². The summed E-state index contributed by atoms with van der Waals surface area (Å²) >= 11 is 0. The topological polar surface area (TPSA) is 113 Å². The first-order valence-electron chi connectivity index (χ1n) is 5.62. The van der Waals surface area contributed by atoms with Crippen molar-refractivity contribution in [3.63, 3.8) is 0 Å². The highest BCUT2D eigenvalue weighted by Gasteiger charge is 2.40. The largest absolute Gasteiger partial charge is 0.506 e. The number of nitrogens with two attached hydrogens (primary N) is 1. The van der Waals surface area contributed by atoms with Crippen molar-refractivity contribution in [3.05, 3.63) is 18.2 Å². The van der Waals surface area contributed by atoms with Crippen LogP contribution in [0.15, 0.2) is 23.1 Å². The Morgan fingerprint density at radius 3 is 2.50 bits per heavy atom. The third kappa shape index (κ3) is 2.29. The average molecular weight is 272 g/mol. The van der Waals surface area contributed by atoms with Crippen molar-refractivity contribution in [2.24, 2.45) is 0 Å². The van der Waals surface area contributed by atoms with Crippen molar-refractivity contribution in [1.29, 1.82) is 0 Å². The number of hydrogen-bond donors (Lipinski definition) is 4. The van der Waals surface area contributed by atoms with E-state index in [2.05, 4.69) is 4.72 Å². The molecule has 2 rings (SSSR count). The maximum atomic E-state index is 12.1. The number of rotatable bonds is 4. The van der Waals surface area contributed by atoms with Crippen LogP contribution in [0, 0.1) is 0 Å². The van der Waals surface area contributed by atoms with Crippen LogP contribution in [0.5, 0.6) is 5.75 Å². The second-order valence-electron chi connectivity index (χ2n) is 4.62. The molecule has 0 saturated heterocycles. The molecule has 0 aliphatic heterocycles. The van der Waals surface area contributed by atoms with E-state index in [0.29, 0.717) is 12.8 Å². The summed E-state index contributed by atoms with van der Waals surface area (Å²) < 4.78 is 26.7. The number of aromatic hydroxyl groups is 1. The second kappa shape index (κ2) is 4.42. The summed E-state index contributed by atoms with van der Waals surface area (Å²) in [6, 6.07) is 3.70. The van der Waals surface area contributed by atoms with Crippen LogP contribution in [0.2, 0.25) is 0 Å². The van der Waals surface area contributed by atoms with E-state index in [1.807, 2.05) is 0 Å². The van der Waals surface area contributed by atoms with Gasteiger partial charge in [0.15, 0.2) is 0 Å². The molecule has 6 nitrogen and oxygen atoms in total. The van der Waals surface area contributed by atoms with E-state index in [-0.39, 0.29) is 22.9 Å². The Morgan fingerprint density at radius 1 is 1.39 bits per heavy atom. The molecule has 0 atom stereocenters. The Morgan fingerprint density at radius 2 is 2.06 bits per heavy atom. The predicted molar refractivity (Wildman–Crippen MR) is 66.5 cm³/mol. The van der Waals surface area contributed by atoms with Gasteiger partial charge in [-0.25, -0.2) is 13.1 Å². The minimum Gasteiger partial charge on any atom is -0.506 e. The van der Waals surface area contributed by atoms with Crippen LogP contribution >= 0.6 is 0 Å². The Labute approximate surface area is 105 Å². The van der Waals surface area contributed by atoms with Crippen molar-refractivity contribution in [2.75, 3.05) is 12.3 Å². The molecule has 0 amide bonds. The van der Waals surface area contributed by atoms with Crippen molar-refractivity contribution >= 4 is 15.7 Å². The summed E-state index contributed by atoms with van der Waals surface area (Å²) in [4.78, 5) is -0.0162. The SMILES string of the molecule is Nc1cc(S(=O)(=O)NC2(CO)CCC2)ccc1O. The van der Waals surface area contributed by atoms with Crippen LogP contribution in [0.25, 0.3) is 0 Å². The molecule has 5 N–H and O–H groups in total. The highest BCUT2D eigenvalue weighted by molar-refractivity contribution is 7.89. The number of phenolic OH excluding ortho intramolecular Hbond substituents is 1. The molecule has 1 aromatic carbocycles. The van der Waals surface area contributed by atoms with Gasteiger partial charge in [0.05, 0.1) is 22.7 Å². The van der Waals surface area contributed by atoms with Gasteiger partial charge < -0.3 is 15.9 Å². The summed E-state index contributed by atoms with van der Waals surface area (Å²) in [6.07, 6.45) is 2.13. The molecule has 1 aromatic rings. The second-order valence-corrected chi connectivity index (χ2v) is 6.30. The highest BCUT2D eigenvalue weighted by Crippen LogP contribution is 2.33. The lowest BCUT2D eigenvalue weighted by atomic mass is 9.78. The molecular weight excluding hydrogens is 256 g/mol.